The Kier molecular flexibility index (Phi) is 4.10. The summed E-state index contributed by atoms with van der Waals surface area (Å²) in [5, 5.41) is 7.87. The first-order chi connectivity index (χ1) is 11.1. The van der Waals surface area contributed by atoms with Crippen molar-refractivity contribution in [1.82, 2.24) is 10.2 Å². The Bertz CT molecular complexity index is 830. The van der Waals surface area contributed by atoms with Crippen molar-refractivity contribution in [3.8, 4) is 17.1 Å². The fraction of sp³-hybridized carbons (Fsp3) is 0.0556. The molecule has 0 saturated heterocycles. The lowest BCUT2D eigenvalue weighted by molar-refractivity contribution is 0.0725. The van der Waals surface area contributed by atoms with Crippen LogP contribution >= 0.6 is 0 Å². The molecule has 114 valence electrons. The molecule has 1 heterocycles. The first-order valence-electron chi connectivity index (χ1n) is 7.00. The molecule has 1 aromatic heterocycles. The number of ether oxygens (including phenoxy) is 1. The summed E-state index contributed by atoms with van der Waals surface area (Å²) in [5.74, 6) is -0.690. The van der Waals surface area contributed by atoms with E-state index >= 15 is 0 Å². The topological polar surface area (TPSA) is 52.1 Å². The molecule has 0 spiro atoms. The van der Waals surface area contributed by atoms with Crippen LogP contribution in [-0.4, -0.2) is 16.2 Å². The first kappa shape index (κ1) is 14.8. The largest absolute Gasteiger partial charge is 0.402 e. The van der Waals surface area contributed by atoms with E-state index in [-0.39, 0.29) is 11.7 Å². The van der Waals surface area contributed by atoms with Crippen LogP contribution in [0.25, 0.3) is 11.3 Å². The number of rotatable bonds is 3. The third-order valence-electron chi connectivity index (χ3n) is 3.23. The predicted octanol–water partition coefficient (Wildman–Crippen LogP) is 3.81. The van der Waals surface area contributed by atoms with Crippen LogP contribution in [0.4, 0.5) is 4.39 Å². The zero-order chi connectivity index (χ0) is 16.2. The molecule has 4 nitrogen and oxygen atoms in total. The number of halogens is 1. The molecule has 0 aliphatic rings. The molecule has 23 heavy (non-hydrogen) atoms. The van der Waals surface area contributed by atoms with E-state index in [1.165, 1.54) is 12.1 Å². The summed E-state index contributed by atoms with van der Waals surface area (Å²) in [4.78, 5) is 12.0. The van der Waals surface area contributed by atoms with E-state index < -0.39 is 5.97 Å². The maximum absolute atomic E-state index is 12.9. The summed E-state index contributed by atoms with van der Waals surface area (Å²) in [5.41, 5.74) is 2.72. The number of carbonyl (C=O) groups excluding carboxylic acids is 1. The van der Waals surface area contributed by atoms with E-state index in [1.54, 1.807) is 42.5 Å². The molecule has 0 fully saturated rings. The smallest absolute Gasteiger partial charge is 0.344 e. The Hall–Kier alpha value is -3.08. The van der Waals surface area contributed by atoms with Gasteiger partial charge in [-0.15, -0.1) is 10.2 Å². The number of nitrogens with zero attached hydrogens (tertiary/aromatic N) is 2. The van der Waals surface area contributed by atoms with Crippen molar-refractivity contribution in [2.24, 2.45) is 0 Å². The number of aryl methyl sites for hydroxylation is 1. The Labute approximate surface area is 132 Å². The van der Waals surface area contributed by atoms with E-state index in [0.717, 1.165) is 11.1 Å². The summed E-state index contributed by atoms with van der Waals surface area (Å²) >= 11 is 0. The molecule has 3 aromatic rings. The van der Waals surface area contributed by atoms with Gasteiger partial charge >= 0.3 is 5.97 Å². The Balaban J connectivity index is 1.75. The van der Waals surface area contributed by atoms with Crippen LogP contribution in [0.2, 0.25) is 0 Å². The van der Waals surface area contributed by atoms with E-state index in [4.69, 9.17) is 4.74 Å². The molecule has 0 aliphatic heterocycles. The summed E-state index contributed by atoms with van der Waals surface area (Å²) < 4.78 is 18.1. The zero-order valence-electron chi connectivity index (χ0n) is 12.4. The number of aromatic nitrogens is 2. The molecule has 3 rings (SSSR count). The fourth-order valence-corrected chi connectivity index (χ4v) is 2.08. The van der Waals surface area contributed by atoms with Gasteiger partial charge < -0.3 is 4.74 Å². The standard InChI is InChI=1S/C18H13FN2O2/c1-12-3-2-4-14(11-12)18(22)23-17-10-9-16(20-21-17)13-5-7-15(19)8-6-13/h2-11H,1H3. The van der Waals surface area contributed by atoms with Crippen molar-refractivity contribution in [2.75, 3.05) is 0 Å². The van der Waals surface area contributed by atoms with Gasteiger partial charge in [-0.1, -0.05) is 17.7 Å². The second kappa shape index (κ2) is 6.36. The van der Waals surface area contributed by atoms with Crippen LogP contribution in [0.3, 0.4) is 0 Å². The van der Waals surface area contributed by atoms with Gasteiger partial charge in [-0.05, 0) is 49.4 Å². The molecular weight excluding hydrogens is 295 g/mol. The average molecular weight is 308 g/mol. The van der Waals surface area contributed by atoms with Crippen molar-refractivity contribution >= 4 is 5.97 Å². The van der Waals surface area contributed by atoms with Crippen LogP contribution in [0.15, 0.2) is 60.7 Å². The van der Waals surface area contributed by atoms with Crippen LogP contribution in [0, 0.1) is 12.7 Å². The highest BCUT2D eigenvalue weighted by atomic mass is 19.1. The van der Waals surface area contributed by atoms with Crippen LogP contribution in [0.1, 0.15) is 15.9 Å². The fourth-order valence-electron chi connectivity index (χ4n) is 2.08. The van der Waals surface area contributed by atoms with Crippen LogP contribution in [-0.2, 0) is 0 Å². The zero-order valence-corrected chi connectivity index (χ0v) is 12.4. The van der Waals surface area contributed by atoms with E-state index in [2.05, 4.69) is 10.2 Å². The van der Waals surface area contributed by atoms with Crippen molar-refractivity contribution in [3.63, 3.8) is 0 Å². The Morgan fingerprint density at radius 1 is 1.00 bits per heavy atom. The number of carbonyl (C=O) groups is 1. The first-order valence-corrected chi connectivity index (χ1v) is 7.00. The van der Waals surface area contributed by atoms with Gasteiger partial charge in [0.1, 0.15) is 5.82 Å². The SMILES string of the molecule is Cc1cccc(C(=O)Oc2ccc(-c3ccc(F)cc3)nn2)c1. The quantitative estimate of drug-likeness (QED) is 0.690. The molecule has 0 saturated carbocycles. The molecule has 5 heteroatoms. The van der Waals surface area contributed by atoms with Crippen molar-refractivity contribution in [2.45, 2.75) is 6.92 Å². The lowest BCUT2D eigenvalue weighted by Gasteiger charge is -2.04. The van der Waals surface area contributed by atoms with Crippen LogP contribution in [0.5, 0.6) is 5.88 Å². The van der Waals surface area contributed by atoms with Crippen molar-refractivity contribution in [3.05, 3.63) is 77.6 Å². The van der Waals surface area contributed by atoms with E-state index in [9.17, 15) is 9.18 Å². The minimum Gasteiger partial charge on any atom is -0.402 e. The molecule has 0 bridgehead atoms. The monoisotopic (exact) mass is 308 g/mol. The molecule has 0 radical (unpaired) electrons. The van der Waals surface area contributed by atoms with Gasteiger partial charge in [-0.2, -0.15) is 0 Å². The number of hydrogen-bond donors (Lipinski definition) is 0. The van der Waals surface area contributed by atoms with E-state index in [0.29, 0.717) is 11.3 Å². The van der Waals surface area contributed by atoms with Gasteiger partial charge in [-0.3, -0.25) is 0 Å². The molecule has 2 aromatic carbocycles. The van der Waals surface area contributed by atoms with Gasteiger partial charge in [0.05, 0.1) is 11.3 Å². The number of benzene rings is 2. The van der Waals surface area contributed by atoms with Crippen molar-refractivity contribution < 1.29 is 13.9 Å². The third-order valence-corrected chi connectivity index (χ3v) is 3.23. The maximum Gasteiger partial charge on any atom is 0.344 e. The summed E-state index contributed by atoms with van der Waals surface area (Å²) in [6, 6.07) is 16.2. The second-order valence-electron chi connectivity index (χ2n) is 5.02. The number of esters is 1. The summed E-state index contributed by atoms with van der Waals surface area (Å²) in [6.45, 7) is 1.90. The molecular formula is C18H13FN2O2. The van der Waals surface area contributed by atoms with Crippen molar-refractivity contribution in [1.29, 1.82) is 0 Å². The van der Waals surface area contributed by atoms with Gasteiger partial charge in [0.2, 0.25) is 5.88 Å². The Morgan fingerprint density at radius 2 is 1.78 bits per heavy atom. The summed E-state index contributed by atoms with van der Waals surface area (Å²) in [7, 11) is 0. The van der Waals surface area contributed by atoms with E-state index in [1.807, 2.05) is 13.0 Å². The van der Waals surface area contributed by atoms with Gasteiger partial charge in [0.25, 0.3) is 0 Å². The van der Waals surface area contributed by atoms with Gasteiger partial charge in [0, 0.05) is 11.6 Å². The molecule has 0 amide bonds. The van der Waals surface area contributed by atoms with Gasteiger partial charge in [-0.25, -0.2) is 9.18 Å². The minimum absolute atomic E-state index is 0.113. The second-order valence-corrected chi connectivity index (χ2v) is 5.02. The number of hydrogen-bond acceptors (Lipinski definition) is 4. The third kappa shape index (κ3) is 3.58. The summed E-state index contributed by atoms with van der Waals surface area (Å²) in [6.07, 6.45) is 0. The molecule has 0 unspecified atom stereocenters. The maximum atomic E-state index is 12.9. The lowest BCUT2D eigenvalue weighted by atomic mass is 10.1. The molecule has 0 N–H and O–H groups in total. The molecule has 0 atom stereocenters. The van der Waals surface area contributed by atoms with Crippen LogP contribution < -0.4 is 4.74 Å². The van der Waals surface area contributed by atoms with Gasteiger partial charge in [0.15, 0.2) is 0 Å². The predicted molar refractivity (Wildman–Crippen MR) is 83.6 cm³/mol. The highest BCUT2D eigenvalue weighted by Crippen LogP contribution is 2.18. The lowest BCUT2D eigenvalue weighted by Crippen LogP contribution is -2.10. The molecule has 0 aliphatic carbocycles. The highest BCUT2D eigenvalue weighted by Gasteiger charge is 2.10. The highest BCUT2D eigenvalue weighted by molar-refractivity contribution is 5.91. The normalized spacial score (nSPS) is 10.3. The average Bonchev–Trinajstić information content (AvgIpc) is 2.56. The minimum atomic E-state index is -0.488. The Morgan fingerprint density at radius 3 is 2.43 bits per heavy atom.